The predicted molar refractivity (Wildman–Crippen MR) is 171 cm³/mol. The Bertz CT molecular complexity index is 2020. The van der Waals surface area contributed by atoms with E-state index < -0.39 is 17.8 Å². The Morgan fingerprint density at radius 3 is 2.15 bits per heavy atom. The summed E-state index contributed by atoms with van der Waals surface area (Å²) in [7, 11) is 0. The van der Waals surface area contributed by atoms with Crippen molar-refractivity contribution in [2.24, 2.45) is 0 Å². The van der Waals surface area contributed by atoms with Gasteiger partial charge in [0, 0.05) is 34.9 Å². The number of carbonyl (C=O) groups excluding carboxylic acids is 3. The van der Waals surface area contributed by atoms with E-state index in [1.165, 1.54) is 33.6 Å². The molecule has 230 valence electrons. The van der Waals surface area contributed by atoms with Crippen LogP contribution in [0.2, 0.25) is 0 Å². The second-order valence-electron chi connectivity index (χ2n) is 9.71. The lowest BCUT2D eigenvalue weighted by Gasteiger charge is -2.11. The number of carbonyl (C=O) groups is 3. The van der Waals surface area contributed by atoms with Gasteiger partial charge in [0.1, 0.15) is 11.5 Å². The summed E-state index contributed by atoms with van der Waals surface area (Å²) < 4.78 is 39.9. The number of nitrogens with zero attached hydrogens (tertiary/aromatic N) is 3. The van der Waals surface area contributed by atoms with Crippen molar-refractivity contribution in [3.05, 3.63) is 123 Å². The molecule has 6 rings (SSSR count). The zero-order chi connectivity index (χ0) is 32.3. The maximum Gasteiger partial charge on any atom is 0.416 e. The van der Waals surface area contributed by atoms with E-state index in [0.29, 0.717) is 43.6 Å². The molecule has 14 heteroatoms. The summed E-state index contributed by atoms with van der Waals surface area (Å²) in [5.41, 5.74) is 1.87. The first kappa shape index (κ1) is 30.4. The van der Waals surface area contributed by atoms with Crippen LogP contribution in [0, 0.1) is 0 Å². The van der Waals surface area contributed by atoms with Gasteiger partial charge in [0.2, 0.25) is 0 Å². The van der Waals surface area contributed by atoms with Crippen molar-refractivity contribution in [2.45, 2.75) is 6.18 Å². The quantitative estimate of drug-likeness (QED) is 0.159. The van der Waals surface area contributed by atoms with Gasteiger partial charge in [-0.05, 0) is 77.0 Å². The summed E-state index contributed by atoms with van der Waals surface area (Å²) in [5, 5.41) is 16.2. The van der Waals surface area contributed by atoms with E-state index in [1.807, 2.05) is 0 Å². The van der Waals surface area contributed by atoms with Crippen LogP contribution >= 0.6 is 22.7 Å². The first-order valence-electron chi connectivity index (χ1n) is 13.5. The van der Waals surface area contributed by atoms with Crippen molar-refractivity contribution in [1.82, 2.24) is 14.8 Å². The van der Waals surface area contributed by atoms with E-state index in [9.17, 15) is 27.6 Å². The van der Waals surface area contributed by atoms with Crippen LogP contribution < -0.4 is 16.0 Å². The van der Waals surface area contributed by atoms with Gasteiger partial charge < -0.3 is 16.0 Å². The Hall–Kier alpha value is -5.60. The van der Waals surface area contributed by atoms with Crippen molar-refractivity contribution >= 4 is 57.7 Å². The van der Waals surface area contributed by atoms with Crippen molar-refractivity contribution in [2.75, 3.05) is 16.0 Å². The monoisotopic (exact) mass is 658 g/mol. The summed E-state index contributed by atoms with van der Waals surface area (Å²) >= 11 is 2.57. The molecule has 0 atom stereocenters. The van der Waals surface area contributed by atoms with Crippen LogP contribution in [0.1, 0.15) is 24.9 Å². The Balaban J connectivity index is 1.29. The Labute approximate surface area is 267 Å². The number of amides is 3. The maximum atomic E-state index is 13.3. The van der Waals surface area contributed by atoms with Crippen LogP contribution in [0.4, 0.5) is 35.2 Å². The van der Waals surface area contributed by atoms with Gasteiger partial charge in [-0.1, -0.05) is 24.3 Å². The number of halogens is 3. The number of hydrogen-bond donors (Lipinski definition) is 3. The molecule has 9 nitrogen and oxygen atoms in total. The van der Waals surface area contributed by atoms with Crippen LogP contribution in [0.3, 0.4) is 0 Å². The molecule has 3 N–H and O–H groups in total. The minimum absolute atomic E-state index is 0.175. The van der Waals surface area contributed by atoms with Crippen LogP contribution in [0.5, 0.6) is 0 Å². The molecule has 0 bridgehead atoms. The van der Waals surface area contributed by atoms with Gasteiger partial charge in [0.15, 0.2) is 0 Å². The van der Waals surface area contributed by atoms with Gasteiger partial charge in [-0.25, -0.2) is 14.5 Å². The molecule has 4 heterocycles. The molecule has 46 heavy (non-hydrogen) atoms. The molecule has 0 aliphatic rings. The van der Waals surface area contributed by atoms with Crippen LogP contribution in [-0.2, 0) is 6.18 Å². The second-order valence-corrected chi connectivity index (χ2v) is 11.6. The number of hydrogen-bond acceptors (Lipinski definition) is 7. The lowest BCUT2D eigenvalue weighted by Crippen LogP contribution is -2.19. The van der Waals surface area contributed by atoms with Crippen molar-refractivity contribution in [3.63, 3.8) is 0 Å². The molecule has 0 aliphatic heterocycles. The largest absolute Gasteiger partial charge is 0.416 e. The Morgan fingerprint density at radius 2 is 1.46 bits per heavy atom. The van der Waals surface area contributed by atoms with Gasteiger partial charge in [-0.15, -0.1) is 22.7 Å². The average molecular weight is 659 g/mol. The molecule has 0 spiro atoms. The highest BCUT2D eigenvalue weighted by atomic mass is 32.1. The topological polar surface area (TPSA) is 118 Å². The molecule has 3 amide bonds. The van der Waals surface area contributed by atoms with E-state index in [-0.39, 0.29) is 17.5 Å². The molecule has 2 aromatic carbocycles. The number of pyridine rings is 1. The third kappa shape index (κ3) is 6.87. The fourth-order valence-corrected chi connectivity index (χ4v) is 5.72. The van der Waals surface area contributed by atoms with E-state index >= 15 is 0 Å². The predicted octanol–water partition coefficient (Wildman–Crippen LogP) is 8.34. The highest BCUT2D eigenvalue weighted by molar-refractivity contribution is 7.12. The summed E-state index contributed by atoms with van der Waals surface area (Å²) in [5.74, 6) is -0.348. The molecule has 0 radical (unpaired) electrons. The highest BCUT2D eigenvalue weighted by Crippen LogP contribution is 2.34. The molecular formula is C32H21F3N6O3S2. The molecule has 0 saturated carbocycles. The molecule has 0 aliphatic carbocycles. The zero-order valence-electron chi connectivity index (χ0n) is 23.4. The lowest BCUT2D eigenvalue weighted by molar-refractivity contribution is -0.137. The van der Waals surface area contributed by atoms with Gasteiger partial charge in [-0.3, -0.25) is 9.59 Å². The van der Waals surface area contributed by atoms with Crippen molar-refractivity contribution in [1.29, 1.82) is 0 Å². The normalized spacial score (nSPS) is 11.2. The standard InChI is InChI=1S/C32H21F3N6O3S2/c33-32(34,35)21-8-10-22(11-9-21)37-31(44)38-23-5-1-4-20(16-23)28-24(18-41(40-28)30(43)26-7-3-15-46-26)19-12-13-36-27(17-19)39-29(42)25-6-2-14-45-25/h1-18H,(H,36,39,42)(H2,37,38,44). The number of anilines is 3. The number of thiophene rings is 2. The molecular weight excluding hydrogens is 638 g/mol. The Kier molecular flexibility index (Phi) is 8.46. The summed E-state index contributed by atoms with van der Waals surface area (Å²) in [6.45, 7) is 0. The smallest absolute Gasteiger partial charge is 0.308 e. The summed E-state index contributed by atoms with van der Waals surface area (Å²) in [6.07, 6.45) is -1.36. The number of alkyl halides is 3. The van der Waals surface area contributed by atoms with Crippen molar-refractivity contribution < 1.29 is 27.6 Å². The molecule has 4 aromatic heterocycles. The third-order valence-corrected chi connectivity index (χ3v) is 8.30. The number of urea groups is 1. The van der Waals surface area contributed by atoms with Gasteiger partial charge in [0.05, 0.1) is 15.3 Å². The summed E-state index contributed by atoms with van der Waals surface area (Å²) in [6, 6.07) is 20.5. The number of nitrogens with one attached hydrogen (secondary N) is 3. The highest BCUT2D eigenvalue weighted by Gasteiger charge is 2.30. The van der Waals surface area contributed by atoms with Crippen LogP contribution in [-0.4, -0.2) is 32.6 Å². The van der Waals surface area contributed by atoms with Crippen molar-refractivity contribution in [3.8, 4) is 22.4 Å². The van der Waals surface area contributed by atoms with E-state index in [0.717, 1.165) is 24.3 Å². The minimum atomic E-state index is -4.49. The lowest BCUT2D eigenvalue weighted by atomic mass is 10.0. The average Bonchev–Trinajstić information content (AvgIpc) is 3.83. The molecule has 0 fully saturated rings. The number of rotatable bonds is 7. The van der Waals surface area contributed by atoms with E-state index in [1.54, 1.807) is 77.6 Å². The molecule has 6 aromatic rings. The minimum Gasteiger partial charge on any atom is -0.308 e. The zero-order valence-corrected chi connectivity index (χ0v) is 25.0. The number of benzene rings is 2. The fourth-order valence-electron chi connectivity index (χ4n) is 4.45. The SMILES string of the molecule is O=C(Nc1ccc(C(F)(F)F)cc1)Nc1cccc(-c2nn(C(=O)c3cccs3)cc2-c2ccnc(NC(=O)c3cccs3)c2)c1. The third-order valence-electron chi connectivity index (χ3n) is 6.58. The van der Waals surface area contributed by atoms with E-state index in [2.05, 4.69) is 26.0 Å². The van der Waals surface area contributed by atoms with Crippen LogP contribution in [0.25, 0.3) is 22.4 Å². The maximum absolute atomic E-state index is 13.3. The molecule has 0 saturated heterocycles. The first-order valence-corrected chi connectivity index (χ1v) is 15.2. The summed E-state index contributed by atoms with van der Waals surface area (Å²) in [4.78, 5) is 43.9. The second kappa shape index (κ2) is 12.8. The van der Waals surface area contributed by atoms with Gasteiger partial charge in [-0.2, -0.15) is 18.3 Å². The molecule has 0 unspecified atom stereocenters. The Morgan fingerprint density at radius 1 is 0.739 bits per heavy atom. The number of aromatic nitrogens is 3. The van der Waals surface area contributed by atoms with Gasteiger partial charge >= 0.3 is 12.2 Å². The first-order chi connectivity index (χ1) is 22.1. The fraction of sp³-hybridized carbons (Fsp3) is 0.0312. The van der Waals surface area contributed by atoms with Gasteiger partial charge in [0.25, 0.3) is 11.8 Å². The van der Waals surface area contributed by atoms with E-state index in [4.69, 9.17) is 0 Å². The van der Waals surface area contributed by atoms with Crippen LogP contribution in [0.15, 0.2) is 108 Å².